The average molecular weight is 375 g/mol. The van der Waals surface area contributed by atoms with E-state index in [2.05, 4.69) is 28.6 Å². The zero-order chi connectivity index (χ0) is 19.8. The van der Waals surface area contributed by atoms with Crippen LogP contribution in [0.15, 0.2) is 67.0 Å². The summed E-state index contributed by atoms with van der Waals surface area (Å²) in [5.74, 6) is 0.696. The van der Waals surface area contributed by atoms with Gasteiger partial charge in [-0.25, -0.2) is 0 Å². The Morgan fingerprint density at radius 3 is 2.61 bits per heavy atom. The van der Waals surface area contributed by atoms with Crippen LogP contribution < -0.4 is 15.4 Å². The number of pyridine rings is 1. The predicted molar refractivity (Wildman–Crippen MR) is 112 cm³/mol. The zero-order valence-electron chi connectivity index (χ0n) is 16.2. The van der Waals surface area contributed by atoms with E-state index < -0.39 is 0 Å². The molecule has 1 aromatic heterocycles. The number of nitrogens with one attached hydrogen (secondary N) is 2. The number of benzene rings is 2. The molecular weight excluding hydrogens is 350 g/mol. The van der Waals surface area contributed by atoms with Gasteiger partial charge in [0.15, 0.2) is 0 Å². The van der Waals surface area contributed by atoms with E-state index in [4.69, 9.17) is 4.74 Å². The highest BCUT2D eigenvalue weighted by atomic mass is 16.5. The van der Waals surface area contributed by atoms with Crippen LogP contribution in [0.2, 0.25) is 0 Å². The highest BCUT2D eigenvalue weighted by molar-refractivity contribution is 5.94. The number of aryl methyl sites for hydroxylation is 1. The smallest absolute Gasteiger partial charge is 0.252 e. The monoisotopic (exact) mass is 375 g/mol. The summed E-state index contributed by atoms with van der Waals surface area (Å²) in [5, 5.41) is 6.31. The number of anilines is 2. The van der Waals surface area contributed by atoms with E-state index in [1.807, 2.05) is 48.5 Å². The molecule has 0 aliphatic heterocycles. The van der Waals surface area contributed by atoms with Crippen LogP contribution >= 0.6 is 0 Å². The van der Waals surface area contributed by atoms with Crippen molar-refractivity contribution < 1.29 is 9.53 Å². The Morgan fingerprint density at radius 2 is 1.86 bits per heavy atom. The third-order valence-corrected chi connectivity index (χ3v) is 4.54. The second-order valence-corrected chi connectivity index (χ2v) is 6.45. The van der Waals surface area contributed by atoms with Crippen LogP contribution in [0.1, 0.15) is 28.4 Å². The topological polar surface area (TPSA) is 63.2 Å². The number of rotatable bonds is 8. The Kier molecular flexibility index (Phi) is 6.63. The van der Waals surface area contributed by atoms with Gasteiger partial charge in [0.05, 0.1) is 24.6 Å². The van der Waals surface area contributed by atoms with Gasteiger partial charge in [0.25, 0.3) is 5.91 Å². The molecule has 1 heterocycles. The van der Waals surface area contributed by atoms with Crippen LogP contribution in [0.25, 0.3) is 0 Å². The molecule has 3 rings (SSSR count). The van der Waals surface area contributed by atoms with Gasteiger partial charge in [0, 0.05) is 18.4 Å². The van der Waals surface area contributed by atoms with Crippen LogP contribution in [0.3, 0.4) is 0 Å². The Hall–Kier alpha value is -3.34. The Morgan fingerprint density at radius 1 is 1.07 bits per heavy atom. The third kappa shape index (κ3) is 5.10. The molecule has 28 heavy (non-hydrogen) atoms. The predicted octanol–water partition coefficient (Wildman–Crippen LogP) is 4.37. The van der Waals surface area contributed by atoms with Crippen molar-refractivity contribution in [3.8, 4) is 5.75 Å². The number of aromatic nitrogens is 1. The molecule has 2 aromatic carbocycles. The molecule has 5 nitrogen and oxygen atoms in total. The second kappa shape index (κ2) is 9.55. The van der Waals surface area contributed by atoms with Gasteiger partial charge < -0.3 is 15.4 Å². The molecule has 0 fully saturated rings. The maximum Gasteiger partial charge on any atom is 0.252 e. The van der Waals surface area contributed by atoms with Gasteiger partial charge in [-0.05, 0) is 48.2 Å². The highest BCUT2D eigenvalue weighted by Gasteiger charge is 2.08. The fourth-order valence-electron chi connectivity index (χ4n) is 2.95. The fraction of sp³-hybridized carbons (Fsp3) is 0.217. The minimum Gasteiger partial charge on any atom is -0.497 e. The van der Waals surface area contributed by atoms with Crippen molar-refractivity contribution in [2.45, 2.75) is 19.8 Å². The summed E-state index contributed by atoms with van der Waals surface area (Å²) in [7, 11) is 1.65. The van der Waals surface area contributed by atoms with E-state index in [0.29, 0.717) is 12.1 Å². The number of para-hydroxylation sites is 1. The van der Waals surface area contributed by atoms with Crippen molar-refractivity contribution >= 4 is 17.3 Å². The minimum absolute atomic E-state index is 0.131. The van der Waals surface area contributed by atoms with Crippen LogP contribution in [-0.2, 0) is 12.8 Å². The number of methoxy groups -OCH3 is 1. The number of hydrogen-bond acceptors (Lipinski definition) is 4. The van der Waals surface area contributed by atoms with Gasteiger partial charge >= 0.3 is 0 Å². The first-order chi connectivity index (χ1) is 13.7. The van der Waals surface area contributed by atoms with Crippen molar-refractivity contribution in [3.05, 3.63) is 83.7 Å². The molecule has 144 valence electrons. The number of carbonyl (C=O) groups is 1. The number of hydrogen-bond donors (Lipinski definition) is 2. The molecule has 0 saturated carbocycles. The second-order valence-electron chi connectivity index (χ2n) is 6.45. The lowest BCUT2D eigenvalue weighted by Crippen LogP contribution is -2.25. The first kappa shape index (κ1) is 19.4. The molecule has 1 amide bonds. The summed E-state index contributed by atoms with van der Waals surface area (Å²) in [6.07, 6.45) is 4.99. The lowest BCUT2D eigenvalue weighted by Gasteiger charge is -2.11. The summed E-state index contributed by atoms with van der Waals surface area (Å²) >= 11 is 0. The van der Waals surface area contributed by atoms with E-state index in [9.17, 15) is 4.79 Å². The number of nitrogens with zero attached hydrogens (tertiary/aromatic N) is 1. The van der Waals surface area contributed by atoms with E-state index in [1.54, 1.807) is 19.5 Å². The van der Waals surface area contributed by atoms with Crippen LogP contribution in [0, 0.1) is 0 Å². The van der Waals surface area contributed by atoms with Crippen molar-refractivity contribution in [1.29, 1.82) is 0 Å². The third-order valence-electron chi connectivity index (χ3n) is 4.54. The summed E-state index contributed by atoms with van der Waals surface area (Å²) in [4.78, 5) is 16.7. The van der Waals surface area contributed by atoms with Crippen molar-refractivity contribution in [2.24, 2.45) is 0 Å². The first-order valence-corrected chi connectivity index (χ1v) is 9.40. The summed E-state index contributed by atoms with van der Waals surface area (Å²) < 4.78 is 5.16. The van der Waals surface area contributed by atoms with Gasteiger partial charge in [-0.15, -0.1) is 0 Å². The highest BCUT2D eigenvalue weighted by Crippen LogP contribution is 2.21. The molecule has 5 heteroatoms. The first-order valence-electron chi connectivity index (χ1n) is 9.40. The molecule has 3 aromatic rings. The summed E-state index contributed by atoms with van der Waals surface area (Å²) in [5.41, 5.74) is 4.73. The Bertz CT molecular complexity index is 923. The van der Waals surface area contributed by atoms with E-state index in [0.717, 1.165) is 35.5 Å². The standard InChI is InChI=1S/C23H25N3O2/c1-3-18-6-4-5-7-22(18)26-20-14-19(15-24-16-20)23(27)25-13-12-17-8-10-21(28-2)11-9-17/h4-11,14-16,26H,3,12-13H2,1-2H3,(H,25,27). The van der Waals surface area contributed by atoms with E-state index in [1.165, 1.54) is 5.56 Å². The number of carbonyl (C=O) groups excluding carboxylic acids is 1. The Labute approximate surface area is 165 Å². The van der Waals surface area contributed by atoms with Gasteiger partial charge in [0.1, 0.15) is 5.75 Å². The van der Waals surface area contributed by atoms with Gasteiger partial charge in [-0.3, -0.25) is 9.78 Å². The molecule has 0 radical (unpaired) electrons. The van der Waals surface area contributed by atoms with Crippen molar-refractivity contribution in [3.63, 3.8) is 0 Å². The van der Waals surface area contributed by atoms with Gasteiger partial charge in [-0.1, -0.05) is 37.3 Å². The van der Waals surface area contributed by atoms with E-state index >= 15 is 0 Å². The molecule has 0 bridgehead atoms. The van der Waals surface area contributed by atoms with Crippen molar-refractivity contribution in [1.82, 2.24) is 10.3 Å². The molecule has 0 aliphatic rings. The summed E-state index contributed by atoms with van der Waals surface area (Å²) in [6, 6.07) is 17.8. The molecule has 2 N–H and O–H groups in total. The van der Waals surface area contributed by atoms with Crippen LogP contribution in [-0.4, -0.2) is 24.5 Å². The van der Waals surface area contributed by atoms with E-state index in [-0.39, 0.29) is 5.91 Å². The maximum absolute atomic E-state index is 12.5. The van der Waals surface area contributed by atoms with Gasteiger partial charge in [0.2, 0.25) is 0 Å². The fourth-order valence-corrected chi connectivity index (χ4v) is 2.95. The molecule has 0 atom stereocenters. The molecule has 0 spiro atoms. The van der Waals surface area contributed by atoms with Crippen LogP contribution in [0.4, 0.5) is 11.4 Å². The number of ether oxygens (including phenoxy) is 1. The maximum atomic E-state index is 12.5. The number of amides is 1. The van der Waals surface area contributed by atoms with Gasteiger partial charge in [-0.2, -0.15) is 0 Å². The summed E-state index contributed by atoms with van der Waals surface area (Å²) in [6.45, 7) is 2.67. The average Bonchev–Trinajstić information content (AvgIpc) is 2.75. The Balaban J connectivity index is 1.58. The lowest BCUT2D eigenvalue weighted by atomic mass is 10.1. The minimum atomic E-state index is -0.131. The largest absolute Gasteiger partial charge is 0.497 e. The molecule has 0 unspecified atom stereocenters. The van der Waals surface area contributed by atoms with Crippen LogP contribution in [0.5, 0.6) is 5.75 Å². The van der Waals surface area contributed by atoms with Crippen molar-refractivity contribution in [2.75, 3.05) is 19.0 Å². The zero-order valence-corrected chi connectivity index (χ0v) is 16.2. The SMILES string of the molecule is CCc1ccccc1Nc1cncc(C(=O)NCCc2ccc(OC)cc2)c1. The normalized spacial score (nSPS) is 10.4. The molecular formula is C23H25N3O2. The molecule has 0 aliphatic carbocycles. The lowest BCUT2D eigenvalue weighted by molar-refractivity contribution is 0.0954. The quantitative estimate of drug-likeness (QED) is 0.614. The molecule has 0 saturated heterocycles.